The second-order valence-electron chi connectivity index (χ2n) is 4.88. The predicted molar refractivity (Wildman–Crippen MR) is 70.2 cm³/mol. The van der Waals surface area contributed by atoms with Crippen molar-refractivity contribution in [3.63, 3.8) is 0 Å². The van der Waals surface area contributed by atoms with E-state index in [1.807, 2.05) is 24.3 Å². The number of hydrogen-bond acceptors (Lipinski definition) is 3. The molecule has 0 bridgehead atoms. The van der Waals surface area contributed by atoms with Crippen LogP contribution in [0.1, 0.15) is 25.3 Å². The van der Waals surface area contributed by atoms with E-state index in [4.69, 9.17) is 10.5 Å². The van der Waals surface area contributed by atoms with Crippen LogP contribution in [0.15, 0.2) is 24.3 Å². The lowest BCUT2D eigenvalue weighted by Gasteiger charge is -2.14. The molecule has 1 aromatic rings. The van der Waals surface area contributed by atoms with E-state index in [9.17, 15) is 4.79 Å². The lowest BCUT2D eigenvalue weighted by molar-refractivity contribution is -0.122. The summed E-state index contributed by atoms with van der Waals surface area (Å²) in [6, 6.07) is 8.57. The molecule has 0 saturated heterocycles. The van der Waals surface area contributed by atoms with Crippen LogP contribution < -0.4 is 15.8 Å². The van der Waals surface area contributed by atoms with Gasteiger partial charge >= 0.3 is 0 Å². The smallest absolute Gasteiger partial charge is 0.223 e. The lowest BCUT2D eigenvalue weighted by Crippen LogP contribution is -2.26. The molecule has 1 aromatic carbocycles. The van der Waals surface area contributed by atoms with Crippen molar-refractivity contribution in [1.82, 2.24) is 5.32 Å². The molecule has 1 fully saturated rings. The summed E-state index contributed by atoms with van der Waals surface area (Å²) in [5.74, 6) is 0.233. The van der Waals surface area contributed by atoms with Crippen LogP contribution in [0.5, 0.6) is 5.75 Å². The van der Waals surface area contributed by atoms with Gasteiger partial charge in [0.1, 0.15) is 5.75 Å². The molecule has 1 saturated carbocycles. The van der Waals surface area contributed by atoms with Gasteiger partial charge in [-0.1, -0.05) is 25.1 Å². The molecule has 18 heavy (non-hydrogen) atoms. The van der Waals surface area contributed by atoms with Crippen LogP contribution in [0, 0.1) is 5.92 Å². The summed E-state index contributed by atoms with van der Waals surface area (Å²) in [6.45, 7) is 2.91. The minimum atomic E-state index is -0.330. The molecule has 1 amide bonds. The maximum atomic E-state index is 11.0. The minimum absolute atomic E-state index is 0.269. The van der Waals surface area contributed by atoms with Crippen LogP contribution in [0.2, 0.25) is 0 Å². The van der Waals surface area contributed by atoms with E-state index in [2.05, 4.69) is 5.32 Å². The van der Waals surface area contributed by atoms with Crippen LogP contribution >= 0.6 is 0 Å². The van der Waals surface area contributed by atoms with Gasteiger partial charge in [0.05, 0.1) is 12.5 Å². The molecule has 0 aromatic heterocycles. The van der Waals surface area contributed by atoms with Crippen LogP contribution in [-0.2, 0) is 11.3 Å². The standard InChI is InChI=1S/C14H20N2O2/c1-10(14(15)17)9-18-13-5-3-2-4-11(13)8-16-12-6-7-12/h2-5,10,12,16H,6-9H2,1H3,(H2,15,17). The summed E-state index contributed by atoms with van der Waals surface area (Å²) in [4.78, 5) is 11.0. The first kappa shape index (κ1) is 12.9. The fourth-order valence-corrected chi connectivity index (χ4v) is 1.63. The maximum absolute atomic E-state index is 11.0. The highest BCUT2D eigenvalue weighted by Crippen LogP contribution is 2.22. The second kappa shape index (κ2) is 5.87. The van der Waals surface area contributed by atoms with E-state index in [0.29, 0.717) is 12.6 Å². The van der Waals surface area contributed by atoms with Gasteiger partial charge in [0.15, 0.2) is 0 Å². The number of hydrogen-bond donors (Lipinski definition) is 2. The first-order chi connectivity index (χ1) is 8.66. The van der Waals surface area contributed by atoms with Gasteiger partial charge < -0.3 is 15.8 Å². The zero-order valence-electron chi connectivity index (χ0n) is 10.7. The van der Waals surface area contributed by atoms with E-state index >= 15 is 0 Å². The topological polar surface area (TPSA) is 64.3 Å². The molecule has 1 unspecified atom stereocenters. The van der Waals surface area contributed by atoms with Crippen molar-refractivity contribution in [3.05, 3.63) is 29.8 Å². The summed E-state index contributed by atoms with van der Waals surface area (Å²) < 4.78 is 5.67. The van der Waals surface area contributed by atoms with Crippen molar-refractivity contribution in [2.75, 3.05) is 6.61 Å². The third kappa shape index (κ3) is 3.74. The van der Waals surface area contributed by atoms with Gasteiger partial charge in [-0.3, -0.25) is 4.79 Å². The molecule has 1 atom stereocenters. The van der Waals surface area contributed by atoms with E-state index in [0.717, 1.165) is 17.9 Å². The van der Waals surface area contributed by atoms with E-state index in [1.54, 1.807) is 6.92 Å². The Morgan fingerprint density at radius 3 is 2.89 bits per heavy atom. The SMILES string of the molecule is CC(COc1ccccc1CNC1CC1)C(N)=O. The molecular formula is C14H20N2O2. The molecule has 0 radical (unpaired) electrons. The van der Waals surface area contributed by atoms with Crippen molar-refractivity contribution >= 4 is 5.91 Å². The number of rotatable bonds is 7. The Morgan fingerprint density at radius 1 is 1.50 bits per heavy atom. The lowest BCUT2D eigenvalue weighted by atomic mass is 10.1. The number of carbonyl (C=O) groups is 1. The predicted octanol–water partition coefficient (Wildman–Crippen LogP) is 1.44. The normalized spacial score (nSPS) is 16.3. The Bertz CT molecular complexity index is 416. The molecule has 2 rings (SSSR count). The van der Waals surface area contributed by atoms with Crippen molar-refractivity contribution in [2.45, 2.75) is 32.4 Å². The van der Waals surface area contributed by atoms with Gasteiger partial charge in [0.25, 0.3) is 0 Å². The number of amides is 1. The van der Waals surface area contributed by atoms with Crippen molar-refractivity contribution in [2.24, 2.45) is 11.7 Å². The fraction of sp³-hybridized carbons (Fsp3) is 0.500. The number of nitrogens with one attached hydrogen (secondary N) is 1. The third-order valence-corrected chi connectivity index (χ3v) is 3.11. The molecule has 0 aliphatic heterocycles. The maximum Gasteiger partial charge on any atom is 0.223 e. The molecular weight excluding hydrogens is 228 g/mol. The summed E-state index contributed by atoms with van der Waals surface area (Å²) in [6.07, 6.45) is 2.53. The average Bonchev–Trinajstić information content (AvgIpc) is 3.18. The number of primary amides is 1. The van der Waals surface area contributed by atoms with E-state index < -0.39 is 0 Å². The fourth-order valence-electron chi connectivity index (χ4n) is 1.63. The van der Waals surface area contributed by atoms with E-state index in [-0.39, 0.29) is 11.8 Å². The van der Waals surface area contributed by atoms with Crippen LogP contribution in [-0.4, -0.2) is 18.6 Å². The third-order valence-electron chi connectivity index (χ3n) is 3.11. The summed E-state index contributed by atoms with van der Waals surface area (Å²) >= 11 is 0. The van der Waals surface area contributed by atoms with Gasteiger partial charge in [0, 0.05) is 18.2 Å². The number of benzene rings is 1. The average molecular weight is 248 g/mol. The second-order valence-corrected chi connectivity index (χ2v) is 4.88. The highest BCUT2D eigenvalue weighted by molar-refractivity contribution is 5.76. The summed E-state index contributed by atoms with van der Waals surface area (Å²) in [5.41, 5.74) is 6.34. The monoisotopic (exact) mass is 248 g/mol. The van der Waals surface area contributed by atoms with Crippen LogP contribution in [0.3, 0.4) is 0 Å². The first-order valence-electron chi connectivity index (χ1n) is 6.40. The Balaban J connectivity index is 1.91. The van der Waals surface area contributed by atoms with Gasteiger partial charge in [0.2, 0.25) is 5.91 Å². The van der Waals surface area contributed by atoms with Gasteiger partial charge in [-0.25, -0.2) is 0 Å². The van der Waals surface area contributed by atoms with Gasteiger partial charge in [-0.05, 0) is 18.9 Å². The zero-order chi connectivity index (χ0) is 13.0. The van der Waals surface area contributed by atoms with Crippen molar-refractivity contribution in [3.8, 4) is 5.75 Å². The molecule has 4 nitrogen and oxygen atoms in total. The molecule has 0 spiro atoms. The molecule has 4 heteroatoms. The molecule has 0 heterocycles. The Hall–Kier alpha value is -1.55. The first-order valence-corrected chi connectivity index (χ1v) is 6.40. The molecule has 1 aliphatic rings. The minimum Gasteiger partial charge on any atom is -0.492 e. The quantitative estimate of drug-likeness (QED) is 0.767. The zero-order valence-corrected chi connectivity index (χ0v) is 10.7. The molecule has 3 N–H and O–H groups in total. The van der Waals surface area contributed by atoms with Crippen LogP contribution in [0.4, 0.5) is 0 Å². The molecule has 98 valence electrons. The van der Waals surface area contributed by atoms with Crippen LogP contribution in [0.25, 0.3) is 0 Å². The Morgan fingerprint density at radius 2 is 2.22 bits per heavy atom. The number of para-hydroxylation sites is 1. The summed E-state index contributed by atoms with van der Waals surface area (Å²) in [5, 5.41) is 3.45. The van der Waals surface area contributed by atoms with Crippen molar-refractivity contribution < 1.29 is 9.53 Å². The number of carbonyl (C=O) groups excluding carboxylic acids is 1. The van der Waals surface area contributed by atoms with Crippen molar-refractivity contribution in [1.29, 1.82) is 0 Å². The number of nitrogens with two attached hydrogens (primary N) is 1. The summed E-state index contributed by atoms with van der Waals surface area (Å²) in [7, 11) is 0. The van der Waals surface area contributed by atoms with Gasteiger partial charge in [-0.15, -0.1) is 0 Å². The highest BCUT2D eigenvalue weighted by Gasteiger charge is 2.20. The largest absolute Gasteiger partial charge is 0.492 e. The number of ether oxygens (including phenoxy) is 1. The van der Waals surface area contributed by atoms with Gasteiger partial charge in [-0.2, -0.15) is 0 Å². The van der Waals surface area contributed by atoms with E-state index in [1.165, 1.54) is 12.8 Å². The Labute approximate surface area is 108 Å². The Kier molecular flexibility index (Phi) is 4.20. The highest BCUT2D eigenvalue weighted by atomic mass is 16.5. The molecule has 1 aliphatic carbocycles.